The Morgan fingerprint density at radius 3 is 1.61 bits per heavy atom. The van der Waals surface area contributed by atoms with E-state index in [4.69, 9.17) is 9.47 Å². The molecular weight excluding hydrogens is 822 g/mol. The van der Waals surface area contributed by atoms with Gasteiger partial charge in [-0.05, 0) is 115 Å². The maximum Gasteiger partial charge on any atom is 0.407 e. The number of hydrogen-bond donors (Lipinski definition) is 4. The van der Waals surface area contributed by atoms with Crippen molar-refractivity contribution >= 4 is 47.1 Å². The van der Waals surface area contributed by atoms with Crippen molar-refractivity contribution in [1.29, 1.82) is 0 Å². The lowest BCUT2D eigenvalue weighted by molar-refractivity contribution is -0.141. The van der Waals surface area contributed by atoms with Gasteiger partial charge < -0.3 is 45.1 Å². The van der Waals surface area contributed by atoms with E-state index in [-0.39, 0.29) is 29.4 Å². The van der Waals surface area contributed by atoms with Gasteiger partial charge in [-0.1, -0.05) is 59.8 Å². The number of hydrogen-bond acceptors (Lipinski definition) is 8. The quantitative estimate of drug-likeness (QED) is 0.160. The van der Waals surface area contributed by atoms with E-state index in [0.29, 0.717) is 63.0 Å². The van der Waals surface area contributed by atoms with Gasteiger partial charge in [0.1, 0.15) is 30.0 Å². The van der Waals surface area contributed by atoms with Crippen LogP contribution in [-0.4, -0.2) is 102 Å². The maximum atomic E-state index is 14.2. The first-order valence-corrected chi connectivity index (χ1v) is 21.7. The highest BCUT2D eigenvalue weighted by molar-refractivity contribution is 5.99. The zero-order valence-corrected chi connectivity index (χ0v) is 37.9. The number of alkyl carbamates (subject to hydrolysis) is 2. The van der Waals surface area contributed by atoms with Crippen molar-refractivity contribution in [2.45, 2.75) is 104 Å². The Morgan fingerprint density at radius 1 is 0.641 bits per heavy atom. The fraction of sp³-hybridized carbons (Fsp3) is 0.458. The average molecular weight is 882 g/mol. The summed E-state index contributed by atoms with van der Waals surface area (Å²) in [4.78, 5) is 82.1. The van der Waals surface area contributed by atoms with Gasteiger partial charge in [0.15, 0.2) is 0 Å². The number of rotatable bonds is 11. The molecule has 1 aromatic heterocycles. The minimum absolute atomic E-state index is 0.285. The summed E-state index contributed by atoms with van der Waals surface area (Å²) in [6, 6.07) is 14.4. The molecule has 3 aromatic rings. The van der Waals surface area contributed by atoms with Crippen LogP contribution < -0.4 is 21.3 Å². The molecular formula is C48H60FN7O8. The second-order valence-electron chi connectivity index (χ2n) is 18.6. The molecule has 4 N–H and O–H groups in total. The van der Waals surface area contributed by atoms with Gasteiger partial charge in [-0.2, -0.15) is 0 Å². The van der Waals surface area contributed by atoms with E-state index in [0.717, 1.165) is 28.2 Å². The number of carbonyl (C=O) groups is 6. The molecule has 0 unspecified atom stereocenters. The smallest absolute Gasteiger partial charge is 0.407 e. The van der Waals surface area contributed by atoms with E-state index in [1.165, 1.54) is 31.3 Å². The molecule has 2 fully saturated rings. The molecule has 0 spiro atoms. The SMILES string of the molecule is COC(=O)N[C@H](C(=O)N1CCC[C@H]1C(=O)NC1=CC=C(c2ccc(-c3ccc(NC(=O)[C@@H]4CCCN4C(=O)[C@@H](NC(=O)OC)C(C)(C)C)cc3)n2-c2ccc(F)cc2)CC1)C(C)(C)C. The maximum absolute atomic E-state index is 14.2. The molecule has 2 aliphatic heterocycles. The van der Waals surface area contributed by atoms with Gasteiger partial charge >= 0.3 is 12.2 Å². The van der Waals surface area contributed by atoms with E-state index in [9.17, 15) is 33.2 Å². The molecule has 0 saturated carbocycles. The third-order valence-electron chi connectivity index (χ3n) is 12.0. The van der Waals surface area contributed by atoms with E-state index < -0.39 is 47.2 Å². The molecule has 16 heteroatoms. The summed E-state index contributed by atoms with van der Waals surface area (Å²) in [7, 11) is 2.47. The normalized spacial score (nSPS) is 18.6. The van der Waals surface area contributed by atoms with Crippen molar-refractivity contribution in [3.63, 3.8) is 0 Å². The van der Waals surface area contributed by atoms with Crippen LogP contribution in [0.3, 0.4) is 0 Å². The lowest BCUT2D eigenvalue weighted by Crippen LogP contribution is -2.57. The van der Waals surface area contributed by atoms with Gasteiger partial charge in [-0.3, -0.25) is 19.2 Å². The number of anilines is 1. The summed E-state index contributed by atoms with van der Waals surface area (Å²) in [6.45, 7) is 11.8. The average Bonchev–Trinajstić information content (AvgIpc) is 4.05. The number of benzene rings is 2. The molecule has 3 aliphatic rings. The topological polar surface area (TPSA) is 180 Å². The molecule has 6 rings (SSSR count). The summed E-state index contributed by atoms with van der Waals surface area (Å²) in [5, 5.41) is 11.3. The summed E-state index contributed by atoms with van der Waals surface area (Å²) < 4.78 is 25.8. The molecule has 1 aliphatic carbocycles. The molecule has 0 bridgehead atoms. The number of halogens is 1. The molecule has 6 amide bonds. The van der Waals surface area contributed by atoms with Gasteiger partial charge in [-0.15, -0.1) is 0 Å². The van der Waals surface area contributed by atoms with Crippen molar-refractivity contribution in [1.82, 2.24) is 30.3 Å². The van der Waals surface area contributed by atoms with Crippen LogP contribution in [0.5, 0.6) is 0 Å². The van der Waals surface area contributed by atoms with Crippen LogP contribution in [0.25, 0.3) is 22.5 Å². The Morgan fingerprint density at radius 2 is 1.14 bits per heavy atom. The summed E-state index contributed by atoms with van der Waals surface area (Å²) in [5.74, 6) is -1.67. The summed E-state index contributed by atoms with van der Waals surface area (Å²) >= 11 is 0. The highest BCUT2D eigenvalue weighted by Crippen LogP contribution is 2.35. The largest absolute Gasteiger partial charge is 0.453 e. The van der Waals surface area contributed by atoms with Crippen LogP contribution in [0.15, 0.2) is 78.5 Å². The van der Waals surface area contributed by atoms with E-state index in [1.54, 1.807) is 29.2 Å². The molecule has 0 radical (unpaired) electrons. The van der Waals surface area contributed by atoms with E-state index in [1.807, 2.05) is 82.5 Å². The van der Waals surface area contributed by atoms with E-state index >= 15 is 0 Å². The van der Waals surface area contributed by atoms with Gasteiger partial charge in [0.05, 0.1) is 19.9 Å². The zero-order chi connectivity index (χ0) is 46.5. The Balaban J connectivity index is 1.18. The lowest BCUT2D eigenvalue weighted by Gasteiger charge is -2.35. The predicted molar refractivity (Wildman–Crippen MR) is 240 cm³/mol. The lowest BCUT2D eigenvalue weighted by atomic mass is 9.85. The fourth-order valence-corrected chi connectivity index (χ4v) is 8.52. The molecule has 3 heterocycles. The van der Waals surface area contributed by atoms with Crippen LogP contribution >= 0.6 is 0 Å². The number of amides is 6. The van der Waals surface area contributed by atoms with Crippen molar-refractivity contribution in [2.75, 3.05) is 32.6 Å². The number of ether oxygens (including phenoxy) is 2. The highest BCUT2D eigenvalue weighted by Gasteiger charge is 2.43. The number of likely N-dealkylation sites (tertiary alicyclic amines) is 2. The minimum Gasteiger partial charge on any atom is -0.453 e. The van der Waals surface area contributed by atoms with Gasteiger partial charge in [-0.25, -0.2) is 14.0 Å². The third-order valence-corrected chi connectivity index (χ3v) is 12.0. The number of nitrogens with one attached hydrogen (secondary N) is 4. The van der Waals surface area contributed by atoms with Crippen LogP contribution in [0.4, 0.5) is 19.7 Å². The number of carbonyl (C=O) groups excluding carboxylic acids is 6. The first-order valence-electron chi connectivity index (χ1n) is 21.7. The van der Waals surface area contributed by atoms with Gasteiger partial charge in [0, 0.05) is 35.9 Å². The zero-order valence-electron chi connectivity index (χ0n) is 37.9. The molecule has 15 nitrogen and oxygen atoms in total. The molecule has 2 saturated heterocycles. The number of nitrogens with zero attached hydrogens (tertiary/aromatic N) is 3. The summed E-state index contributed by atoms with van der Waals surface area (Å²) in [6.07, 6.45) is 5.76. The fourth-order valence-electron chi connectivity index (χ4n) is 8.52. The molecule has 64 heavy (non-hydrogen) atoms. The number of allylic oxidation sites excluding steroid dienone is 4. The van der Waals surface area contributed by atoms with Crippen LogP contribution in [0, 0.1) is 16.6 Å². The molecule has 342 valence electrons. The van der Waals surface area contributed by atoms with E-state index in [2.05, 4.69) is 21.3 Å². The Bertz CT molecular complexity index is 2310. The minimum atomic E-state index is -0.892. The van der Waals surface area contributed by atoms with Crippen molar-refractivity contribution in [3.05, 3.63) is 90.0 Å². The van der Waals surface area contributed by atoms with Crippen molar-refractivity contribution < 1.29 is 42.6 Å². The Hall–Kier alpha value is -6.45. The van der Waals surface area contributed by atoms with Crippen LogP contribution in [0.1, 0.15) is 85.8 Å². The standard InChI is InChI=1S/C48H60FN7O8/c1-47(2,3)39(52-45(61)63-7)43(59)54-27-9-11-37(54)41(57)50-32-19-13-29(14-20-32)35-25-26-36(56(35)34-23-17-31(49)18-24-34)30-15-21-33(22-16-30)51-42(58)38-12-10-28-55(38)44(60)40(48(4,5)6)53-46(62)64-8/h13-15,17-21,23-26,37-40H,9-12,16,22,27-28H2,1-8H3,(H,50,57)(H,51,58)(H,52,61)(H,53,62)/t37-,38-,39+,40+/m0/s1. The number of methoxy groups -OCH3 is 2. The Labute approximate surface area is 373 Å². The second-order valence-corrected chi connectivity index (χ2v) is 18.6. The number of aromatic nitrogens is 1. The monoisotopic (exact) mass is 881 g/mol. The predicted octanol–water partition coefficient (Wildman–Crippen LogP) is 6.92. The summed E-state index contributed by atoms with van der Waals surface area (Å²) in [5.41, 5.74) is 4.25. The first kappa shape index (κ1) is 47.0. The van der Waals surface area contributed by atoms with Crippen molar-refractivity contribution in [3.8, 4) is 16.9 Å². The Kier molecular flexibility index (Phi) is 14.3. The van der Waals surface area contributed by atoms with Crippen molar-refractivity contribution in [2.24, 2.45) is 10.8 Å². The highest BCUT2D eigenvalue weighted by atomic mass is 19.1. The van der Waals surface area contributed by atoms with Crippen LogP contribution in [-0.2, 0) is 28.7 Å². The second kappa shape index (κ2) is 19.5. The molecule has 4 atom stereocenters. The molecule has 2 aromatic carbocycles. The van der Waals surface area contributed by atoms with Gasteiger partial charge in [0.25, 0.3) is 0 Å². The van der Waals surface area contributed by atoms with Crippen LogP contribution in [0.2, 0.25) is 0 Å². The van der Waals surface area contributed by atoms with Gasteiger partial charge in [0.2, 0.25) is 23.6 Å². The third kappa shape index (κ3) is 10.7. The first-order chi connectivity index (χ1) is 30.3.